The highest BCUT2D eigenvalue weighted by Gasteiger charge is 2.12. The lowest BCUT2D eigenvalue weighted by molar-refractivity contribution is -0.131. The number of carbonyl (C=O) groups is 1. The highest BCUT2D eigenvalue weighted by atomic mass is 16.2. The van der Waals surface area contributed by atoms with E-state index in [0.717, 1.165) is 25.9 Å². The summed E-state index contributed by atoms with van der Waals surface area (Å²) in [5.41, 5.74) is 0. The van der Waals surface area contributed by atoms with Gasteiger partial charge in [0.05, 0.1) is 0 Å². The zero-order chi connectivity index (χ0) is 21.9. The van der Waals surface area contributed by atoms with Crippen molar-refractivity contribution in [3.05, 3.63) is 0 Å². The standard InChI is InChI=1S/C22H45NO.2C2H6/c1-4-7-10-12-14-17-20-23(22(24)19-16-9-6-3)21-18-15-13-11-8-5-2;2*1-2/h4-21H2,1-3H3;2*1-2H3. The zero-order valence-corrected chi connectivity index (χ0v) is 21.1. The average molecular weight is 400 g/mol. The minimum Gasteiger partial charge on any atom is -0.343 e. The molecule has 0 aliphatic heterocycles. The van der Waals surface area contributed by atoms with E-state index in [2.05, 4.69) is 25.7 Å². The average Bonchev–Trinajstić information content (AvgIpc) is 2.74. The highest BCUT2D eigenvalue weighted by molar-refractivity contribution is 5.76. The second kappa shape index (κ2) is 31.2. The van der Waals surface area contributed by atoms with Crippen molar-refractivity contribution in [2.75, 3.05) is 13.1 Å². The summed E-state index contributed by atoms with van der Waals surface area (Å²) < 4.78 is 0. The van der Waals surface area contributed by atoms with Gasteiger partial charge in [-0.25, -0.2) is 0 Å². The molecule has 0 aliphatic carbocycles. The first-order valence-electron chi connectivity index (χ1n) is 13.0. The normalized spacial score (nSPS) is 9.82. The van der Waals surface area contributed by atoms with Gasteiger partial charge in [0.1, 0.15) is 0 Å². The molecule has 0 aromatic carbocycles. The molecule has 0 atom stereocenters. The Labute approximate surface area is 180 Å². The zero-order valence-electron chi connectivity index (χ0n) is 21.1. The smallest absolute Gasteiger partial charge is 0.222 e. The van der Waals surface area contributed by atoms with E-state index in [1.165, 1.54) is 89.9 Å². The van der Waals surface area contributed by atoms with Gasteiger partial charge in [-0.3, -0.25) is 4.79 Å². The van der Waals surface area contributed by atoms with Gasteiger partial charge >= 0.3 is 0 Å². The molecule has 28 heavy (non-hydrogen) atoms. The molecule has 172 valence electrons. The Balaban J connectivity index is -0.00000146. The largest absolute Gasteiger partial charge is 0.343 e. The van der Waals surface area contributed by atoms with Crippen molar-refractivity contribution in [3.63, 3.8) is 0 Å². The molecule has 0 unspecified atom stereocenters. The quantitative estimate of drug-likeness (QED) is 0.210. The Kier molecular flexibility index (Phi) is 35.8. The predicted octanol–water partition coefficient (Wildman–Crippen LogP) is 9.17. The molecule has 2 nitrogen and oxygen atoms in total. The van der Waals surface area contributed by atoms with Crippen molar-refractivity contribution in [1.29, 1.82) is 0 Å². The molecule has 0 saturated heterocycles. The minimum absolute atomic E-state index is 0.408. The van der Waals surface area contributed by atoms with Crippen molar-refractivity contribution in [2.24, 2.45) is 0 Å². The molecule has 0 heterocycles. The summed E-state index contributed by atoms with van der Waals surface area (Å²) in [6.45, 7) is 16.7. The van der Waals surface area contributed by atoms with Crippen LogP contribution in [0.15, 0.2) is 0 Å². The second-order valence-electron chi connectivity index (χ2n) is 7.37. The molecule has 0 saturated carbocycles. The molecule has 0 aromatic rings. The third kappa shape index (κ3) is 25.5. The number of rotatable bonds is 18. The number of unbranched alkanes of at least 4 members (excludes halogenated alkanes) is 12. The fourth-order valence-corrected chi connectivity index (χ4v) is 3.21. The summed E-state index contributed by atoms with van der Waals surface area (Å²) in [6, 6.07) is 0. The van der Waals surface area contributed by atoms with Crippen molar-refractivity contribution in [2.45, 2.75) is 151 Å². The van der Waals surface area contributed by atoms with Gasteiger partial charge in [0.15, 0.2) is 0 Å². The maximum atomic E-state index is 12.5. The summed E-state index contributed by atoms with van der Waals surface area (Å²) in [5, 5.41) is 0. The fraction of sp³-hybridized carbons (Fsp3) is 0.962. The second-order valence-corrected chi connectivity index (χ2v) is 7.37. The number of carbonyl (C=O) groups excluding carboxylic acids is 1. The van der Waals surface area contributed by atoms with Crippen LogP contribution in [0.5, 0.6) is 0 Å². The van der Waals surface area contributed by atoms with Crippen LogP contribution in [0.2, 0.25) is 0 Å². The lowest BCUT2D eigenvalue weighted by Crippen LogP contribution is -2.32. The number of hydrogen-bond acceptors (Lipinski definition) is 1. The van der Waals surface area contributed by atoms with E-state index in [1.807, 2.05) is 27.7 Å². The maximum Gasteiger partial charge on any atom is 0.222 e. The number of hydrogen-bond donors (Lipinski definition) is 0. The van der Waals surface area contributed by atoms with Crippen LogP contribution >= 0.6 is 0 Å². The molecule has 2 heteroatoms. The Bertz CT molecular complexity index is 249. The first-order valence-corrected chi connectivity index (χ1v) is 13.0. The number of nitrogens with zero attached hydrogens (tertiary/aromatic N) is 1. The Morgan fingerprint density at radius 2 is 0.821 bits per heavy atom. The molecule has 0 fully saturated rings. The van der Waals surface area contributed by atoms with E-state index >= 15 is 0 Å². The van der Waals surface area contributed by atoms with Gasteiger partial charge < -0.3 is 4.90 Å². The molecular weight excluding hydrogens is 342 g/mol. The van der Waals surface area contributed by atoms with Gasteiger partial charge in [-0.2, -0.15) is 0 Å². The molecule has 1 amide bonds. The lowest BCUT2D eigenvalue weighted by atomic mass is 10.1. The predicted molar refractivity (Wildman–Crippen MR) is 130 cm³/mol. The van der Waals surface area contributed by atoms with Crippen molar-refractivity contribution in [3.8, 4) is 0 Å². The highest BCUT2D eigenvalue weighted by Crippen LogP contribution is 2.11. The molecule has 0 aromatic heterocycles. The molecule has 0 rings (SSSR count). The summed E-state index contributed by atoms with van der Waals surface area (Å²) >= 11 is 0. The number of amides is 1. The van der Waals surface area contributed by atoms with E-state index in [1.54, 1.807) is 0 Å². The van der Waals surface area contributed by atoms with Crippen LogP contribution in [0.1, 0.15) is 151 Å². The van der Waals surface area contributed by atoms with Crippen molar-refractivity contribution < 1.29 is 4.79 Å². The first-order chi connectivity index (χ1) is 13.8. The third-order valence-corrected chi connectivity index (χ3v) is 4.91. The molecule has 0 radical (unpaired) electrons. The molecule has 0 aliphatic rings. The topological polar surface area (TPSA) is 20.3 Å². The van der Waals surface area contributed by atoms with Gasteiger partial charge in [-0.1, -0.05) is 126 Å². The van der Waals surface area contributed by atoms with Gasteiger partial charge in [0, 0.05) is 19.5 Å². The van der Waals surface area contributed by atoms with Crippen LogP contribution < -0.4 is 0 Å². The van der Waals surface area contributed by atoms with Gasteiger partial charge in [-0.05, 0) is 19.3 Å². The van der Waals surface area contributed by atoms with E-state index in [-0.39, 0.29) is 0 Å². The van der Waals surface area contributed by atoms with Gasteiger partial charge in [-0.15, -0.1) is 0 Å². The molecular formula is C26H57NO. The Morgan fingerprint density at radius 3 is 1.21 bits per heavy atom. The van der Waals surface area contributed by atoms with Crippen LogP contribution in [0.3, 0.4) is 0 Å². The Hall–Kier alpha value is -0.530. The first kappa shape index (κ1) is 32.1. The van der Waals surface area contributed by atoms with E-state index in [0.29, 0.717) is 5.91 Å². The van der Waals surface area contributed by atoms with Crippen LogP contribution in [0.25, 0.3) is 0 Å². The van der Waals surface area contributed by atoms with E-state index < -0.39 is 0 Å². The van der Waals surface area contributed by atoms with Crippen LogP contribution in [-0.2, 0) is 4.79 Å². The summed E-state index contributed by atoms with van der Waals surface area (Å²) in [6.07, 6.45) is 19.9. The van der Waals surface area contributed by atoms with Crippen LogP contribution in [-0.4, -0.2) is 23.9 Å². The van der Waals surface area contributed by atoms with Crippen molar-refractivity contribution >= 4 is 5.91 Å². The van der Waals surface area contributed by atoms with Gasteiger partial charge in [0.25, 0.3) is 0 Å². The maximum absolute atomic E-state index is 12.5. The third-order valence-electron chi connectivity index (χ3n) is 4.91. The van der Waals surface area contributed by atoms with Gasteiger partial charge in [0.2, 0.25) is 5.91 Å². The SMILES string of the molecule is CC.CC.CCCCCCCCN(CCCCCCCC)C(=O)CCCCC. The summed E-state index contributed by atoms with van der Waals surface area (Å²) in [7, 11) is 0. The van der Waals surface area contributed by atoms with Crippen molar-refractivity contribution in [1.82, 2.24) is 4.90 Å². The minimum atomic E-state index is 0.408. The fourth-order valence-electron chi connectivity index (χ4n) is 3.21. The van der Waals surface area contributed by atoms with Crippen LogP contribution in [0, 0.1) is 0 Å². The Morgan fingerprint density at radius 1 is 0.500 bits per heavy atom. The van der Waals surface area contributed by atoms with Crippen LogP contribution in [0.4, 0.5) is 0 Å². The monoisotopic (exact) mass is 399 g/mol. The van der Waals surface area contributed by atoms with E-state index in [4.69, 9.17) is 0 Å². The molecule has 0 bridgehead atoms. The van der Waals surface area contributed by atoms with E-state index in [9.17, 15) is 4.79 Å². The summed E-state index contributed by atoms with van der Waals surface area (Å²) in [5.74, 6) is 0.408. The lowest BCUT2D eigenvalue weighted by Gasteiger charge is -2.23. The molecule has 0 spiro atoms. The molecule has 0 N–H and O–H groups in total. The summed E-state index contributed by atoms with van der Waals surface area (Å²) in [4.78, 5) is 14.7.